The summed E-state index contributed by atoms with van der Waals surface area (Å²) in [5.41, 5.74) is 1.11. The monoisotopic (exact) mass is 246 g/mol. The van der Waals surface area contributed by atoms with E-state index >= 15 is 0 Å². The second kappa shape index (κ2) is 6.58. The van der Waals surface area contributed by atoms with Crippen molar-refractivity contribution in [2.45, 2.75) is 44.9 Å². The highest BCUT2D eigenvalue weighted by Crippen LogP contribution is 2.36. The average Bonchev–Trinajstić information content (AvgIpc) is 2.42. The Morgan fingerprint density at radius 3 is 2.50 bits per heavy atom. The molecule has 2 rings (SSSR count). The summed E-state index contributed by atoms with van der Waals surface area (Å²) in [4.78, 5) is 12.2. The minimum absolute atomic E-state index is 0.0457. The number of carbonyl (C=O) groups is 1. The number of ether oxygens (including phenoxy) is 1. The number of hydrogen-bond acceptors (Lipinski definition) is 2. The van der Waals surface area contributed by atoms with Gasteiger partial charge in [0.05, 0.1) is 12.5 Å². The molecule has 1 aromatic carbocycles. The summed E-state index contributed by atoms with van der Waals surface area (Å²) in [7, 11) is 0. The minimum Gasteiger partial charge on any atom is -0.466 e. The van der Waals surface area contributed by atoms with Crippen molar-refractivity contribution in [1.82, 2.24) is 0 Å². The summed E-state index contributed by atoms with van der Waals surface area (Å²) >= 11 is 0. The number of hydrogen-bond donors (Lipinski definition) is 0. The molecule has 0 aliphatic heterocycles. The van der Waals surface area contributed by atoms with Crippen molar-refractivity contribution in [3.63, 3.8) is 0 Å². The van der Waals surface area contributed by atoms with Gasteiger partial charge in [0.1, 0.15) is 0 Å². The molecule has 0 radical (unpaired) electrons. The van der Waals surface area contributed by atoms with Gasteiger partial charge in [-0.3, -0.25) is 4.79 Å². The molecular formula is C16H22O2. The van der Waals surface area contributed by atoms with Gasteiger partial charge >= 0.3 is 5.97 Å². The molecule has 1 saturated carbocycles. The lowest BCUT2D eigenvalue weighted by atomic mass is 9.77. The molecule has 0 spiro atoms. The van der Waals surface area contributed by atoms with Crippen LogP contribution < -0.4 is 0 Å². The first-order chi connectivity index (χ1) is 8.83. The van der Waals surface area contributed by atoms with Crippen molar-refractivity contribution in [3.8, 4) is 0 Å². The summed E-state index contributed by atoms with van der Waals surface area (Å²) in [5.74, 6) is 0.349. The number of benzene rings is 1. The van der Waals surface area contributed by atoms with E-state index in [1.54, 1.807) is 0 Å². The van der Waals surface area contributed by atoms with Crippen LogP contribution in [0.4, 0.5) is 0 Å². The van der Waals surface area contributed by atoms with Crippen molar-refractivity contribution < 1.29 is 9.53 Å². The fourth-order valence-corrected chi connectivity index (χ4v) is 2.96. The maximum atomic E-state index is 12.2. The zero-order chi connectivity index (χ0) is 12.8. The number of rotatable bonds is 4. The van der Waals surface area contributed by atoms with Crippen LogP contribution in [0.15, 0.2) is 30.3 Å². The maximum absolute atomic E-state index is 12.2. The van der Waals surface area contributed by atoms with Gasteiger partial charge in [-0.05, 0) is 31.2 Å². The Balaban J connectivity index is 2.19. The second-order valence-corrected chi connectivity index (χ2v) is 5.04. The molecule has 0 saturated heterocycles. The molecule has 0 bridgehead atoms. The van der Waals surface area contributed by atoms with E-state index in [2.05, 4.69) is 12.1 Å². The second-order valence-electron chi connectivity index (χ2n) is 5.04. The van der Waals surface area contributed by atoms with Gasteiger partial charge in [-0.1, -0.05) is 49.6 Å². The van der Waals surface area contributed by atoms with Crippen LogP contribution in [-0.2, 0) is 9.53 Å². The first-order valence-corrected chi connectivity index (χ1v) is 7.04. The Morgan fingerprint density at radius 2 is 1.89 bits per heavy atom. The zero-order valence-corrected chi connectivity index (χ0v) is 11.1. The van der Waals surface area contributed by atoms with Gasteiger partial charge < -0.3 is 4.74 Å². The van der Waals surface area contributed by atoms with Crippen molar-refractivity contribution in [2.75, 3.05) is 6.61 Å². The van der Waals surface area contributed by atoms with Crippen LogP contribution in [0.3, 0.4) is 0 Å². The van der Waals surface area contributed by atoms with E-state index in [0.717, 1.165) is 18.4 Å². The normalized spacial score (nSPS) is 18.3. The zero-order valence-electron chi connectivity index (χ0n) is 11.1. The van der Waals surface area contributed by atoms with Gasteiger partial charge in [0.2, 0.25) is 0 Å². The summed E-state index contributed by atoms with van der Waals surface area (Å²) in [6.45, 7) is 2.34. The van der Waals surface area contributed by atoms with Crippen LogP contribution in [0.25, 0.3) is 0 Å². The summed E-state index contributed by atoms with van der Waals surface area (Å²) in [6, 6.07) is 10.1. The van der Waals surface area contributed by atoms with E-state index in [-0.39, 0.29) is 11.9 Å². The minimum atomic E-state index is -0.0635. The predicted octanol–water partition coefficient (Wildman–Crippen LogP) is 3.91. The van der Waals surface area contributed by atoms with E-state index < -0.39 is 0 Å². The Kier molecular flexibility index (Phi) is 4.80. The third kappa shape index (κ3) is 3.12. The lowest BCUT2D eigenvalue weighted by Crippen LogP contribution is -2.25. The van der Waals surface area contributed by atoms with Crippen LogP contribution in [0.1, 0.15) is 50.5 Å². The predicted molar refractivity (Wildman–Crippen MR) is 72.4 cm³/mol. The van der Waals surface area contributed by atoms with Crippen molar-refractivity contribution >= 4 is 5.97 Å². The highest BCUT2D eigenvalue weighted by Gasteiger charge is 2.31. The molecule has 18 heavy (non-hydrogen) atoms. The molecule has 2 nitrogen and oxygen atoms in total. The van der Waals surface area contributed by atoms with Gasteiger partial charge in [-0.25, -0.2) is 0 Å². The summed E-state index contributed by atoms with van der Waals surface area (Å²) in [6.07, 6.45) is 6.10. The van der Waals surface area contributed by atoms with Gasteiger partial charge in [0.25, 0.3) is 0 Å². The molecular weight excluding hydrogens is 224 g/mol. The summed E-state index contributed by atoms with van der Waals surface area (Å²) < 4.78 is 5.27. The van der Waals surface area contributed by atoms with Crippen LogP contribution in [0, 0.1) is 5.92 Å². The standard InChI is InChI=1S/C16H22O2/c1-2-18-16(17)15(13-9-5-3-6-10-13)14-11-7-4-8-12-14/h3,5-6,9-10,14-15H,2,4,7-8,11-12H2,1H3. The van der Waals surface area contributed by atoms with E-state index in [1.165, 1.54) is 19.3 Å². The van der Waals surface area contributed by atoms with Gasteiger partial charge in [-0.15, -0.1) is 0 Å². The molecule has 1 aromatic rings. The first-order valence-electron chi connectivity index (χ1n) is 7.04. The van der Waals surface area contributed by atoms with E-state index in [9.17, 15) is 4.79 Å². The summed E-state index contributed by atoms with van der Waals surface area (Å²) in [5, 5.41) is 0. The Labute approximate surface area is 109 Å². The molecule has 0 N–H and O–H groups in total. The van der Waals surface area contributed by atoms with Crippen molar-refractivity contribution in [2.24, 2.45) is 5.92 Å². The smallest absolute Gasteiger partial charge is 0.313 e. The quantitative estimate of drug-likeness (QED) is 0.753. The molecule has 2 heteroatoms. The molecule has 1 aliphatic rings. The van der Waals surface area contributed by atoms with E-state index in [1.807, 2.05) is 25.1 Å². The van der Waals surface area contributed by atoms with Crippen LogP contribution in [-0.4, -0.2) is 12.6 Å². The topological polar surface area (TPSA) is 26.3 Å². The molecule has 0 heterocycles. The molecule has 1 fully saturated rings. The molecule has 1 aliphatic carbocycles. The Bertz CT molecular complexity index is 366. The Morgan fingerprint density at radius 1 is 1.22 bits per heavy atom. The third-order valence-corrected chi connectivity index (χ3v) is 3.82. The Hall–Kier alpha value is -1.31. The maximum Gasteiger partial charge on any atom is 0.313 e. The molecule has 0 amide bonds. The molecule has 0 aromatic heterocycles. The fourth-order valence-electron chi connectivity index (χ4n) is 2.96. The SMILES string of the molecule is CCOC(=O)C(c1ccccc1)C1CCCCC1. The lowest BCUT2D eigenvalue weighted by molar-refractivity contribution is -0.146. The van der Waals surface area contributed by atoms with E-state index in [4.69, 9.17) is 4.74 Å². The molecule has 1 unspecified atom stereocenters. The molecule has 1 atom stereocenters. The van der Waals surface area contributed by atoms with Crippen molar-refractivity contribution in [1.29, 1.82) is 0 Å². The van der Waals surface area contributed by atoms with Crippen molar-refractivity contribution in [3.05, 3.63) is 35.9 Å². The van der Waals surface area contributed by atoms with Gasteiger partial charge in [0.15, 0.2) is 0 Å². The highest BCUT2D eigenvalue weighted by atomic mass is 16.5. The fraction of sp³-hybridized carbons (Fsp3) is 0.562. The molecule has 98 valence electrons. The lowest BCUT2D eigenvalue weighted by Gasteiger charge is -2.29. The van der Waals surface area contributed by atoms with Crippen LogP contribution >= 0.6 is 0 Å². The van der Waals surface area contributed by atoms with Gasteiger partial charge in [0, 0.05) is 0 Å². The highest BCUT2D eigenvalue weighted by molar-refractivity contribution is 5.78. The number of esters is 1. The van der Waals surface area contributed by atoms with Gasteiger partial charge in [-0.2, -0.15) is 0 Å². The first kappa shape index (κ1) is 13.1. The van der Waals surface area contributed by atoms with Crippen LogP contribution in [0.5, 0.6) is 0 Å². The van der Waals surface area contributed by atoms with Crippen LogP contribution in [0.2, 0.25) is 0 Å². The largest absolute Gasteiger partial charge is 0.466 e. The third-order valence-electron chi connectivity index (χ3n) is 3.82. The van der Waals surface area contributed by atoms with E-state index in [0.29, 0.717) is 12.5 Å². The average molecular weight is 246 g/mol. The number of carbonyl (C=O) groups excluding carboxylic acids is 1.